The van der Waals surface area contributed by atoms with Crippen molar-refractivity contribution in [1.82, 2.24) is 15.2 Å². The summed E-state index contributed by atoms with van der Waals surface area (Å²) in [6.45, 7) is 4.29. The summed E-state index contributed by atoms with van der Waals surface area (Å²) < 4.78 is 32.1. The highest BCUT2D eigenvalue weighted by Gasteiger charge is 2.34. The number of morpholine rings is 1. The molecule has 0 aromatic carbocycles. The van der Waals surface area contributed by atoms with Crippen molar-refractivity contribution in [2.24, 2.45) is 0 Å². The Morgan fingerprint density at radius 2 is 2.24 bits per heavy atom. The Balaban J connectivity index is 1.94. The third kappa shape index (κ3) is 3.67. The number of rotatable bonds is 5. The summed E-state index contributed by atoms with van der Waals surface area (Å²) in [5.41, 5.74) is 1.84. The maximum atomic E-state index is 12.6. The highest BCUT2D eigenvalue weighted by atomic mass is 32.2. The summed E-state index contributed by atoms with van der Waals surface area (Å²) in [4.78, 5) is 7.02. The quantitative estimate of drug-likeness (QED) is 0.627. The van der Waals surface area contributed by atoms with Crippen LogP contribution >= 0.6 is 0 Å². The van der Waals surface area contributed by atoms with Crippen molar-refractivity contribution < 1.29 is 13.2 Å². The molecule has 0 radical (unpaired) electrons. The normalized spacial score (nSPS) is 19.7. The van der Waals surface area contributed by atoms with Crippen LogP contribution in [-0.2, 0) is 21.2 Å². The zero-order valence-corrected chi connectivity index (χ0v) is 17.3. The van der Waals surface area contributed by atoms with Gasteiger partial charge in [0.15, 0.2) is 5.82 Å². The molecular weight excluding hydrogens is 394 g/mol. The number of nitrogens with zero attached hydrogens (tertiary/aromatic N) is 4. The molecule has 1 atom stereocenters. The van der Waals surface area contributed by atoms with Gasteiger partial charge in [-0.1, -0.05) is 0 Å². The molecule has 10 nitrogen and oxygen atoms in total. The molecule has 3 N–H and O–H groups in total. The van der Waals surface area contributed by atoms with Gasteiger partial charge in [-0.05, 0) is 19.8 Å². The van der Waals surface area contributed by atoms with Crippen molar-refractivity contribution in [3.8, 4) is 0 Å². The lowest BCUT2D eigenvalue weighted by molar-refractivity contribution is 0.0984. The summed E-state index contributed by atoms with van der Waals surface area (Å²) in [6.07, 6.45) is 5.46. The number of sulfonamides is 1. The molecule has 29 heavy (non-hydrogen) atoms. The second-order valence-electron chi connectivity index (χ2n) is 7.31. The van der Waals surface area contributed by atoms with E-state index in [-0.39, 0.29) is 6.04 Å². The van der Waals surface area contributed by atoms with Gasteiger partial charge < -0.3 is 20.4 Å². The molecule has 0 spiro atoms. The number of aromatic amines is 1. The van der Waals surface area contributed by atoms with Gasteiger partial charge in [-0.3, -0.25) is 9.40 Å². The number of ether oxygens (including phenoxy) is 1. The fourth-order valence-electron chi connectivity index (χ4n) is 3.93. The number of anilines is 4. The fraction of sp³-hybridized carbons (Fsp3) is 0.500. The summed E-state index contributed by atoms with van der Waals surface area (Å²) in [7, 11) is -3.50. The number of fused-ring (bicyclic) bond motifs is 1. The molecule has 2 aromatic heterocycles. The first-order chi connectivity index (χ1) is 13.9. The van der Waals surface area contributed by atoms with E-state index < -0.39 is 10.0 Å². The number of H-pyrrole nitrogens is 1. The highest BCUT2D eigenvalue weighted by molar-refractivity contribution is 7.92. The van der Waals surface area contributed by atoms with Crippen molar-refractivity contribution in [2.45, 2.75) is 25.8 Å². The predicted molar refractivity (Wildman–Crippen MR) is 112 cm³/mol. The molecule has 4 heterocycles. The zero-order chi connectivity index (χ0) is 20.6. The SMILES string of the molecule is C[C@@H]1COCCN1c1nc(Nc2cc[nH]n2)c(C=N)c2c1CCCN2S(C)(=O)=O. The highest BCUT2D eigenvalue weighted by Crippen LogP contribution is 2.41. The van der Waals surface area contributed by atoms with E-state index in [0.717, 1.165) is 17.6 Å². The lowest BCUT2D eigenvalue weighted by Gasteiger charge is -2.39. The number of pyridine rings is 1. The molecular formula is C18H25N7O3S. The van der Waals surface area contributed by atoms with Crippen molar-refractivity contribution >= 4 is 39.4 Å². The topological polar surface area (TPSA) is 127 Å². The smallest absolute Gasteiger partial charge is 0.232 e. The van der Waals surface area contributed by atoms with Crippen LogP contribution in [0.4, 0.5) is 23.1 Å². The average molecular weight is 420 g/mol. The van der Waals surface area contributed by atoms with Crippen LogP contribution in [0.1, 0.15) is 24.5 Å². The summed E-state index contributed by atoms with van der Waals surface area (Å²) in [5, 5.41) is 18.0. The summed E-state index contributed by atoms with van der Waals surface area (Å²) >= 11 is 0. The van der Waals surface area contributed by atoms with E-state index in [9.17, 15) is 8.42 Å². The minimum atomic E-state index is -3.50. The maximum Gasteiger partial charge on any atom is 0.232 e. The van der Waals surface area contributed by atoms with E-state index in [1.807, 2.05) is 0 Å². The number of nitrogens with one attached hydrogen (secondary N) is 3. The van der Waals surface area contributed by atoms with Gasteiger partial charge in [-0.25, -0.2) is 13.4 Å². The first-order valence-electron chi connectivity index (χ1n) is 9.56. The van der Waals surface area contributed by atoms with Gasteiger partial charge in [0.05, 0.1) is 36.8 Å². The molecule has 0 unspecified atom stereocenters. The molecule has 4 rings (SSSR count). The first-order valence-corrected chi connectivity index (χ1v) is 11.4. The molecule has 0 aliphatic carbocycles. The lowest BCUT2D eigenvalue weighted by Crippen LogP contribution is -2.45. The van der Waals surface area contributed by atoms with Crippen LogP contribution in [0.5, 0.6) is 0 Å². The average Bonchev–Trinajstić information content (AvgIpc) is 3.20. The molecule has 2 aromatic rings. The summed E-state index contributed by atoms with van der Waals surface area (Å²) in [6, 6.07) is 1.86. The van der Waals surface area contributed by atoms with E-state index in [1.54, 1.807) is 12.3 Å². The monoisotopic (exact) mass is 419 g/mol. The third-order valence-electron chi connectivity index (χ3n) is 5.25. The molecule has 0 saturated carbocycles. The molecule has 0 amide bonds. The molecule has 156 valence electrons. The molecule has 2 aliphatic heterocycles. The van der Waals surface area contributed by atoms with Crippen LogP contribution in [0.2, 0.25) is 0 Å². The lowest BCUT2D eigenvalue weighted by atomic mass is 9.99. The van der Waals surface area contributed by atoms with E-state index in [2.05, 4.69) is 27.3 Å². The van der Waals surface area contributed by atoms with Crippen LogP contribution in [0.25, 0.3) is 0 Å². The van der Waals surface area contributed by atoms with Gasteiger partial charge in [0.25, 0.3) is 0 Å². The van der Waals surface area contributed by atoms with Crippen molar-refractivity contribution in [3.05, 3.63) is 23.4 Å². The Morgan fingerprint density at radius 3 is 2.90 bits per heavy atom. The van der Waals surface area contributed by atoms with Crippen LogP contribution in [0.15, 0.2) is 12.3 Å². The van der Waals surface area contributed by atoms with Gasteiger partial charge in [0.2, 0.25) is 10.0 Å². The van der Waals surface area contributed by atoms with Gasteiger partial charge in [0.1, 0.15) is 11.6 Å². The number of hydrogen-bond acceptors (Lipinski definition) is 8. The molecule has 1 fully saturated rings. The van der Waals surface area contributed by atoms with Crippen LogP contribution in [0.3, 0.4) is 0 Å². The van der Waals surface area contributed by atoms with Gasteiger partial charge in [-0.2, -0.15) is 5.10 Å². The van der Waals surface area contributed by atoms with Crippen LogP contribution in [-0.4, -0.2) is 68.4 Å². The second kappa shape index (κ2) is 7.64. The Bertz CT molecular complexity index is 1010. The predicted octanol–water partition coefficient (Wildman–Crippen LogP) is 1.48. The van der Waals surface area contributed by atoms with Crippen molar-refractivity contribution in [3.63, 3.8) is 0 Å². The first kappa shape index (κ1) is 19.6. The van der Waals surface area contributed by atoms with Crippen LogP contribution < -0.4 is 14.5 Å². The van der Waals surface area contributed by atoms with Gasteiger partial charge in [-0.15, -0.1) is 0 Å². The largest absolute Gasteiger partial charge is 0.377 e. The molecule has 0 bridgehead atoms. The van der Waals surface area contributed by atoms with Crippen LogP contribution in [0, 0.1) is 5.41 Å². The Labute approximate surface area is 169 Å². The zero-order valence-electron chi connectivity index (χ0n) is 16.5. The molecule has 1 saturated heterocycles. The number of hydrogen-bond donors (Lipinski definition) is 3. The maximum absolute atomic E-state index is 12.6. The van der Waals surface area contributed by atoms with Gasteiger partial charge in [0, 0.05) is 37.1 Å². The van der Waals surface area contributed by atoms with Gasteiger partial charge >= 0.3 is 0 Å². The van der Waals surface area contributed by atoms with Crippen molar-refractivity contribution in [1.29, 1.82) is 5.41 Å². The van der Waals surface area contributed by atoms with E-state index in [1.165, 1.54) is 10.6 Å². The van der Waals surface area contributed by atoms with Crippen molar-refractivity contribution in [2.75, 3.05) is 47.1 Å². The standard InChI is InChI=1S/C18H25N7O3S/c1-12-11-28-9-8-24(12)18-13-4-3-7-25(29(2,26)27)16(13)14(10-19)17(22-18)21-15-5-6-20-23-15/h5-6,10,12,19H,3-4,7-9,11H2,1-2H3,(H2,20,21,22,23)/t12-/m1/s1. The summed E-state index contributed by atoms with van der Waals surface area (Å²) in [5.74, 6) is 1.70. The minimum absolute atomic E-state index is 0.109. The second-order valence-corrected chi connectivity index (χ2v) is 9.22. The van der Waals surface area contributed by atoms with E-state index in [0.29, 0.717) is 62.0 Å². The van der Waals surface area contributed by atoms with E-state index >= 15 is 0 Å². The number of aromatic nitrogens is 3. The third-order valence-corrected chi connectivity index (χ3v) is 6.42. The minimum Gasteiger partial charge on any atom is -0.377 e. The Hall–Kier alpha value is -2.66. The Morgan fingerprint density at radius 1 is 1.41 bits per heavy atom. The Kier molecular flexibility index (Phi) is 5.17. The fourth-order valence-corrected chi connectivity index (χ4v) is 4.94. The van der Waals surface area contributed by atoms with E-state index in [4.69, 9.17) is 15.1 Å². The molecule has 11 heteroatoms. The molecule has 2 aliphatic rings.